The van der Waals surface area contributed by atoms with Crippen molar-refractivity contribution in [2.45, 2.75) is 38.5 Å². The number of nitrogens with two attached hydrogens (primary N) is 1. The lowest BCUT2D eigenvalue weighted by Gasteiger charge is -2.30. The summed E-state index contributed by atoms with van der Waals surface area (Å²) in [5.74, 6) is 0.399. The monoisotopic (exact) mass is 254 g/mol. The van der Waals surface area contributed by atoms with Crippen molar-refractivity contribution in [2.75, 3.05) is 13.1 Å². The summed E-state index contributed by atoms with van der Waals surface area (Å²) >= 11 is 1.77. The highest BCUT2D eigenvalue weighted by molar-refractivity contribution is 7.10. The summed E-state index contributed by atoms with van der Waals surface area (Å²) in [5.41, 5.74) is 6.13. The standard InChI is InChI=1S/C13H22N2OS/c1-9(14)13(12-4-3-7-17-12)15-6-5-11(8-15)10(2)16/h3-4,7,9-11,13,16H,5-6,8,14H2,1-2H3. The van der Waals surface area contributed by atoms with E-state index in [0.717, 1.165) is 19.5 Å². The van der Waals surface area contributed by atoms with E-state index in [-0.39, 0.29) is 12.1 Å². The van der Waals surface area contributed by atoms with Crippen LogP contribution in [-0.4, -0.2) is 35.2 Å². The first-order valence-electron chi connectivity index (χ1n) is 6.30. The lowest BCUT2D eigenvalue weighted by molar-refractivity contribution is 0.119. The van der Waals surface area contributed by atoms with Crippen LogP contribution < -0.4 is 5.73 Å². The summed E-state index contributed by atoms with van der Waals surface area (Å²) in [6.07, 6.45) is 0.865. The van der Waals surface area contributed by atoms with E-state index >= 15 is 0 Å². The second-order valence-electron chi connectivity index (χ2n) is 5.10. The fourth-order valence-corrected chi connectivity index (χ4v) is 3.67. The minimum Gasteiger partial charge on any atom is -0.393 e. The smallest absolute Gasteiger partial charge is 0.0590 e. The molecule has 3 N–H and O–H groups in total. The molecule has 1 fully saturated rings. The van der Waals surface area contributed by atoms with E-state index in [4.69, 9.17) is 5.73 Å². The topological polar surface area (TPSA) is 49.5 Å². The van der Waals surface area contributed by atoms with Crippen LogP contribution >= 0.6 is 11.3 Å². The first kappa shape index (κ1) is 13.0. The van der Waals surface area contributed by atoms with Crippen molar-refractivity contribution in [2.24, 2.45) is 11.7 Å². The third kappa shape index (κ3) is 2.88. The van der Waals surface area contributed by atoms with E-state index in [0.29, 0.717) is 12.0 Å². The van der Waals surface area contributed by atoms with Gasteiger partial charge in [0, 0.05) is 17.5 Å². The van der Waals surface area contributed by atoms with Crippen molar-refractivity contribution in [1.29, 1.82) is 0 Å². The predicted molar refractivity (Wildman–Crippen MR) is 72.1 cm³/mol. The van der Waals surface area contributed by atoms with Gasteiger partial charge >= 0.3 is 0 Å². The Kier molecular flexibility index (Phi) is 4.20. The first-order valence-corrected chi connectivity index (χ1v) is 7.18. The van der Waals surface area contributed by atoms with Crippen LogP contribution in [0.5, 0.6) is 0 Å². The second-order valence-corrected chi connectivity index (χ2v) is 6.08. The van der Waals surface area contributed by atoms with E-state index in [9.17, 15) is 5.11 Å². The Balaban J connectivity index is 2.09. The van der Waals surface area contributed by atoms with Crippen molar-refractivity contribution in [3.05, 3.63) is 22.4 Å². The minimum absolute atomic E-state index is 0.126. The van der Waals surface area contributed by atoms with Crippen LogP contribution in [0, 0.1) is 5.92 Å². The molecule has 1 aliphatic heterocycles. The lowest BCUT2D eigenvalue weighted by atomic mass is 10.0. The summed E-state index contributed by atoms with van der Waals surface area (Å²) in [4.78, 5) is 3.76. The highest BCUT2D eigenvalue weighted by Gasteiger charge is 2.33. The molecule has 0 aromatic carbocycles. The molecule has 1 aliphatic rings. The van der Waals surface area contributed by atoms with Gasteiger partial charge in [0.05, 0.1) is 12.1 Å². The van der Waals surface area contributed by atoms with E-state index in [1.165, 1.54) is 4.88 Å². The zero-order valence-corrected chi connectivity index (χ0v) is 11.4. The quantitative estimate of drug-likeness (QED) is 0.862. The molecule has 0 amide bonds. The third-order valence-corrected chi connectivity index (χ3v) is 4.61. The van der Waals surface area contributed by atoms with Gasteiger partial charge in [0.15, 0.2) is 0 Å². The first-order chi connectivity index (χ1) is 8.09. The Bertz CT molecular complexity index is 337. The molecule has 2 heterocycles. The van der Waals surface area contributed by atoms with Crippen LogP contribution in [0.25, 0.3) is 0 Å². The van der Waals surface area contributed by atoms with E-state index < -0.39 is 0 Å². The predicted octanol–water partition coefficient (Wildman–Crippen LogP) is 1.84. The molecule has 4 atom stereocenters. The summed E-state index contributed by atoms with van der Waals surface area (Å²) in [6, 6.07) is 4.67. The maximum Gasteiger partial charge on any atom is 0.0590 e. The Morgan fingerprint density at radius 1 is 1.53 bits per heavy atom. The molecule has 0 saturated carbocycles. The number of thiophene rings is 1. The SMILES string of the molecule is CC(N)C(c1cccs1)N1CCC(C(C)O)C1. The molecular weight excluding hydrogens is 232 g/mol. The lowest BCUT2D eigenvalue weighted by Crippen LogP contribution is -2.38. The molecule has 1 saturated heterocycles. The Hall–Kier alpha value is -0.420. The average molecular weight is 254 g/mol. The molecule has 0 radical (unpaired) electrons. The van der Waals surface area contributed by atoms with Gasteiger partial charge in [0.1, 0.15) is 0 Å². The largest absolute Gasteiger partial charge is 0.393 e. The molecule has 0 bridgehead atoms. The van der Waals surface area contributed by atoms with Crippen molar-refractivity contribution in [3.63, 3.8) is 0 Å². The van der Waals surface area contributed by atoms with Crippen molar-refractivity contribution >= 4 is 11.3 Å². The number of hydrogen-bond donors (Lipinski definition) is 2. The minimum atomic E-state index is -0.211. The Labute approximate surface area is 107 Å². The maximum absolute atomic E-state index is 9.67. The zero-order valence-electron chi connectivity index (χ0n) is 10.5. The molecule has 0 spiro atoms. The second kappa shape index (κ2) is 5.48. The van der Waals surface area contributed by atoms with Gasteiger partial charge in [-0.1, -0.05) is 6.07 Å². The molecule has 1 aromatic heterocycles. The Morgan fingerprint density at radius 3 is 2.76 bits per heavy atom. The van der Waals surface area contributed by atoms with Crippen LogP contribution in [-0.2, 0) is 0 Å². The van der Waals surface area contributed by atoms with Crippen LogP contribution in [0.4, 0.5) is 0 Å². The summed E-state index contributed by atoms with van der Waals surface area (Å²) in [5, 5.41) is 11.8. The fraction of sp³-hybridized carbons (Fsp3) is 0.692. The van der Waals surface area contributed by atoms with Crippen LogP contribution in [0.2, 0.25) is 0 Å². The summed E-state index contributed by atoms with van der Waals surface area (Å²) in [6.45, 7) is 5.96. The highest BCUT2D eigenvalue weighted by Crippen LogP contribution is 2.32. The average Bonchev–Trinajstić information content (AvgIpc) is 2.88. The molecule has 1 aromatic rings. The molecule has 4 unspecified atom stereocenters. The molecular formula is C13H22N2OS. The van der Waals surface area contributed by atoms with Crippen LogP contribution in [0.15, 0.2) is 17.5 Å². The number of rotatable bonds is 4. The van der Waals surface area contributed by atoms with Gasteiger partial charge in [-0.25, -0.2) is 0 Å². The van der Waals surface area contributed by atoms with Crippen LogP contribution in [0.1, 0.15) is 31.2 Å². The summed E-state index contributed by atoms with van der Waals surface area (Å²) in [7, 11) is 0. The highest BCUT2D eigenvalue weighted by atomic mass is 32.1. The third-order valence-electron chi connectivity index (χ3n) is 3.66. The molecule has 3 nitrogen and oxygen atoms in total. The van der Waals surface area contributed by atoms with Gasteiger partial charge in [-0.05, 0) is 44.2 Å². The fourth-order valence-electron chi connectivity index (χ4n) is 2.69. The number of likely N-dealkylation sites (tertiary alicyclic amines) is 1. The van der Waals surface area contributed by atoms with Gasteiger partial charge < -0.3 is 10.8 Å². The zero-order chi connectivity index (χ0) is 12.4. The molecule has 4 heteroatoms. The summed E-state index contributed by atoms with van der Waals surface area (Å²) < 4.78 is 0. The van der Waals surface area contributed by atoms with Gasteiger partial charge in [-0.15, -0.1) is 11.3 Å². The van der Waals surface area contributed by atoms with Gasteiger partial charge in [0.2, 0.25) is 0 Å². The molecule has 2 rings (SSSR count). The van der Waals surface area contributed by atoms with Crippen molar-refractivity contribution in [1.82, 2.24) is 4.90 Å². The number of hydrogen-bond acceptors (Lipinski definition) is 4. The van der Waals surface area contributed by atoms with Crippen molar-refractivity contribution < 1.29 is 5.11 Å². The van der Waals surface area contributed by atoms with E-state index in [2.05, 4.69) is 29.3 Å². The number of nitrogens with zero attached hydrogens (tertiary/aromatic N) is 1. The van der Waals surface area contributed by atoms with Gasteiger partial charge in [0.25, 0.3) is 0 Å². The van der Waals surface area contributed by atoms with Crippen LogP contribution in [0.3, 0.4) is 0 Å². The Morgan fingerprint density at radius 2 is 2.29 bits per heavy atom. The number of aliphatic hydroxyl groups is 1. The normalized spacial score (nSPS) is 26.9. The molecule has 0 aliphatic carbocycles. The van der Waals surface area contributed by atoms with E-state index in [1.54, 1.807) is 11.3 Å². The molecule has 17 heavy (non-hydrogen) atoms. The van der Waals surface area contributed by atoms with E-state index in [1.807, 2.05) is 6.92 Å². The van der Waals surface area contributed by atoms with Gasteiger partial charge in [-0.3, -0.25) is 4.90 Å². The molecule has 96 valence electrons. The van der Waals surface area contributed by atoms with Gasteiger partial charge in [-0.2, -0.15) is 0 Å². The van der Waals surface area contributed by atoms with Crippen molar-refractivity contribution in [3.8, 4) is 0 Å². The maximum atomic E-state index is 9.67. The number of aliphatic hydroxyl groups excluding tert-OH is 1.